The van der Waals surface area contributed by atoms with E-state index in [1.165, 1.54) is 0 Å². The number of benzene rings is 1. The number of nitrogens with zero attached hydrogens (tertiary/aromatic N) is 1. The molecule has 0 saturated heterocycles. The molecule has 6 heteroatoms. The highest BCUT2D eigenvalue weighted by Gasteiger charge is 2.24. The first-order chi connectivity index (χ1) is 9.86. The van der Waals surface area contributed by atoms with Crippen molar-refractivity contribution in [3.63, 3.8) is 0 Å². The monoisotopic (exact) mass is 292 g/mol. The molecule has 4 N–H and O–H groups in total. The maximum Gasteiger partial charge on any atom is 0.321 e. The Balaban J connectivity index is 2.70. The molecule has 0 aliphatic carbocycles. The summed E-state index contributed by atoms with van der Waals surface area (Å²) in [5.41, 5.74) is 7.49. The number of carbonyl (C=O) groups is 2. The van der Waals surface area contributed by atoms with Crippen LogP contribution in [0.25, 0.3) is 0 Å². The van der Waals surface area contributed by atoms with Gasteiger partial charge in [-0.2, -0.15) is 0 Å². The van der Waals surface area contributed by atoms with Crippen molar-refractivity contribution in [3.05, 3.63) is 29.8 Å². The highest BCUT2D eigenvalue weighted by atomic mass is 16.2. The lowest BCUT2D eigenvalue weighted by Crippen LogP contribution is -2.49. The van der Waals surface area contributed by atoms with Crippen molar-refractivity contribution < 1.29 is 9.59 Å². The maximum atomic E-state index is 12.0. The Kier molecular flexibility index (Phi) is 6.17. The second kappa shape index (κ2) is 7.64. The lowest BCUT2D eigenvalue weighted by atomic mass is 10.0. The number of amides is 3. The summed E-state index contributed by atoms with van der Waals surface area (Å²) in [4.78, 5) is 25.3. The smallest absolute Gasteiger partial charge is 0.321 e. The molecule has 0 fully saturated rings. The molecular formula is C15H24N4O2. The van der Waals surface area contributed by atoms with Crippen LogP contribution in [0, 0.1) is 0 Å². The number of nitrogen functional groups attached to an aromatic ring is 1. The third-order valence-electron chi connectivity index (χ3n) is 3.57. The Labute approximate surface area is 125 Å². The molecule has 0 spiro atoms. The van der Waals surface area contributed by atoms with E-state index in [9.17, 15) is 9.59 Å². The summed E-state index contributed by atoms with van der Waals surface area (Å²) >= 11 is 0. The Morgan fingerprint density at radius 3 is 2.57 bits per heavy atom. The molecule has 0 aromatic heterocycles. The van der Waals surface area contributed by atoms with Crippen molar-refractivity contribution in [2.45, 2.75) is 32.9 Å². The maximum absolute atomic E-state index is 12.0. The average Bonchev–Trinajstić information content (AvgIpc) is 2.45. The molecule has 6 nitrogen and oxygen atoms in total. The number of nitrogens with two attached hydrogens (primary N) is 1. The van der Waals surface area contributed by atoms with Crippen molar-refractivity contribution in [3.8, 4) is 0 Å². The van der Waals surface area contributed by atoms with Gasteiger partial charge in [0.15, 0.2) is 0 Å². The van der Waals surface area contributed by atoms with Crippen LogP contribution >= 0.6 is 0 Å². The highest BCUT2D eigenvalue weighted by molar-refractivity contribution is 5.96. The zero-order valence-corrected chi connectivity index (χ0v) is 13.0. The van der Waals surface area contributed by atoms with E-state index in [0.29, 0.717) is 12.2 Å². The van der Waals surface area contributed by atoms with Crippen molar-refractivity contribution in [1.29, 1.82) is 0 Å². The van der Waals surface area contributed by atoms with Crippen LogP contribution in [0.5, 0.6) is 0 Å². The summed E-state index contributed by atoms with van der Waals surface area (Å²) in [7, 11) is 1.84. The van der Waals surface area contributed by atoms with Crippen molar-refractivity contribution >= 4 is 17.6 Å². The second-order valence-corrected chi connectivity index (χ2v) is 5.04. The standard InChI is InChI=1S/C15H24N4O2/c1-5-17-15(21)18-14(20)11(3)19(4)10(2)12-7-6-8-13(16)9-12/h6-11H,5,16H2,1-4H3,(H2,17,18,20,21). The third-order valence-corrected chi connectivity index (χ3v) is 3.57. The van der Waals surface area contributed by atoms with Crippen LogP contribution < -0.4 is 16.4 Å². The minimum absolute atomic E-state index is 0.00323. The molecule has 2 unspecified atom stereocenters. The van der Waals surface area contributed by atoms with Gasteiger partial charge in [-0.3, -0.25) is 15.0 Å². The first-order valence-corrected chi connectivity index (χ1v) is 7.02. The molecule has 0 saturated carbocycles. The van der Waals surface area contributed by atoms with Gasteiger partial charge in [0, 0.05) is 18.3 Å². The summed E-state index contributed by atoms with van der Waals surface area (Å²) in [5, 5.41) is 4.86. The van der Waals surface area contributed by atoms with E-state index < -0.39 is 12.1 Å². The van der Waals surface area contributed by atoms with Crippen molar-refractivity contribution in [2.75, 3.05) is 19.3 Å². The van der Waals surface area contributed by atoms with Crippen LogP contribution in [0.2, 0.25) is 0 Å². The fraction of sp³-hybridized carbons (Fsp3) is 0.467. The molecule has 2 atom stereocenters. The van der Waals surface area contributed by atoms with E-state index in [1.807, 2.05) is 43.1 Å². The molecule has 1 aromatic rings. The lowest BCUT2D eigenvalue weighted by molar-refractivity contribution is -0.125. The van der Waals surface area contributed by atoms with Crippen LogP contribution in [0.15, 0.2) is 24.3 Å². The Hall–Kier alpha value is -2.08. The summed E-state index contributed by atoms with van der Waals surface area (Å²) in [6.07, 6.45) is 0. The van der Waals surface area contributed by atoms with E-state index in [1.54, 1.807) is 13.8 Å². The van der Waals surface area contributed by atoms with Gasteiger partial charge >= 0.3 is 6.03 Å². The van der Waals surface area contributed by atoms with E-state index in [2.05, 4.69) is 10.6 Å². The number of carbonyl (C=O) groups excluding carboxylic acids is 2. The molecule has 0 radical (unpaired) electrons. The predicted molar refractivity (Wildman–Crippen MR) is 83.7 cm³/mol. The number of imide groups is 1. The number of hydrogen-bond acceptors (Lipinski definition) is 4. The molecule has 0 heterocycles. The number of urea groups is 1. The zero-order chi connectivity index (χ0) is 16.0. The molecular weight excluding hydrogens is 268 g/mol. The lowest BCUT2D eigenvalue weighted by Gasteiger charge is -2.30. The predicted octanol–water partition coefficient (Wildman–Crippen LogP) is 1.50. The normalized spacial score (nSPS) is 13.6. The van der Waals surface area contributed by atoms with Gasteiger partial charge in [-0.15, -0.1) is 0 Å². The molecule has 0 aliphatic rings. The average molecular weight is 292 g/mol. The molecule has 116 valence electrons. The van der Waals surface area contributed by atoms with Gasteiger partial charge in [-0.25, -0.2) is 4.79 Å². The first kappa shape index (κ1) is 17.0. The number of likely N-dealkylation sites (N-methyl/N-ethyl adjacent to an activating group) is 1. The quantitative estimate of drug-likeness (QED) is 0.718. The molecule has 1 rings (SSSR count). The molecule has 0 bridgehead atoms. The van der Waals surface area contributed by atoms with Gasteiger partial charge in [0.1, 0.15) is 0 Å². The van der Waals surface area contributed by atoms with E-state index >= 15 is 0 Å². The molecule has 21 heavy (non-hydrogen) atoms. The molecule has 1 aromatic carbocycles. The Bertz CT molecular complexity index is 504. The summed E-state index contributed by atoms with van der Waals surface area (Å²) in [5.74, 6) is -0.334. The van der Waals surface area contributed by atoms with Crippen LogP contribution in [0.1, 0.15) is 32.4 Å². The van der Waals surface area contributed by atoms with Gasteiger partial charge in [-0.05, 0) is 45.5 Å². The van der Waals surface area contributed by atoms with Crippen LogP contribution in [-0.2, 0) is 4.79 Å². The minimum atomic E-state index is -0.473. The SMILES string of the molecule is CCNC(=O)NC(=O)C(C)N(C)C(C)c1cccc(N)c1. The van der Waals surface area contributed by atoms with Crippen molar-refractivity contribution in [1.82, 2.24) is 15.5 Å². The number of nitrogens with one attached hydrogen (secondary N) is 2. The Morgan fingerprint density at radius 2 is 2.00 bits per heavy atom. The first-order valence-electron chi connectivity index (χ1n) is 7.02. The van der Waals surface area contributed by atoms with Gasteiger partial charge in [-0.1, -0.05) is 12.1 Å². The van der Waals surface area contributed by atoms with Gasteiger partial charge in [0.05, 0.1) is 6.04 Å². The highest BCUT2D eigenvalue weighted by Crippen LogP contribution is 2.22. The number of rotatable bonds is 5. The summed E-state index contributed by atoms with van der Waals surface area (Å²) in [6, 6.07) is 6.64. The fourth-order valence-corrected chi connectivity index (χ4v) is 2.00. The Morgan fingerprint density at radius 1 is 1.33 bits per heavy atom. The largest absolute Gasteiger partial charge is 0.399 e. The van der Waals surface area contributed by atoms with E-state index in [0.717, 1.165) is 5.56 Å². The van der Waals surface area contributed by atoms with Gasteiger partial charge < -0.3 is 11.1 Å². The van der Waals surface area contributed by atoms with E-state index in [-0.39, 0.29) is 11.9 Å². The van der Waals surface area contributed by atoms with Crippen LogP contribution in [0.3, 0.4) is 0 Å². The van der Waals surface area contributed by atoms with Crippen LogP contribution in [-0.4, -0.2) is 36.5 Å². The van der Waals surface area contributed by atoms with E-state index in [4.69, 9.17) is 5.73 Å². The van der Waals surface area contributed by atoms with Crippen molar-refractivity contribution in [2.24, 2.45) is 0 Å². The number of anilines is 1. The molecule has 0 aliphatic heterocycles. The second-order valence-electron chi connectivity index (χ2n) is 5.04. The number of hydrogen-bond donors (Lipinski definition) is 3. The fourth-order valence-electron chi connectivity index (χ4n) is 2.00. The summed E-state index contributed by atoms with van der Waals surface area (Å²) in [6.45, 7) is 6.02. The summed E-state index contributed by atoms with van der Waals surface area (Å²) < 4.78 is 0. The van der Waals surface area contributed by atoms with Gasteiger partial charge in [0.25, 0.3) is 0 Å². The van der Waals surface area contributed by atoms with Crippen LogP contribution in [0.4, 0.5) is 10.5 Å². The van der Waals surface area contributed by atoms with Gasteiger partial charge in [0.2, 0.25) is 5.91 Å². The molecule has 3 amide bonds. The minimum Gasteiger partial charge on any atom is -0.399 e. The topological polar surface area (TPSA) is 87.5 Å². The zero-order valence-electron chi connectivity index (χ0n) is 13.0. The third kappa shape index (κ3) is 4.75.